The third kappa shape index (κ3) is 4.03. The Morgan fingerprint density at radius 3 is 2.55 bits per heavy atom. The van der Waals surface area contributed by atoms with Crippen molar-refractivity contribution in [3.63, 3.8) is 0 Å². The molecule has 3 aromatic rings. The highest BCUT2D eigenvalue weighted by Gasteiger charge is 2.26. The van der Waals surface area contributed by atoms with E-state index in [9.17, 15) is 0 Å². The number of hydrogen-bond donors (Lipinski definition) is 0. The van der Waals surface area contributed by atoms with Crippen molar-refractivity contribution in [1.29, 1.82) is 0 Å². The number of benzene rings is 1. The SMILES string of the molecule is c1ccc(N2CCN(CC3CCCN(c4ncnc5ccccc45)C3)CC2)nc1. The highest BCUT2D eigenvalue weighted by molar-refractivity contribution is 5.89. The van der Waals surface area contributed by atoms with Crippen LogP contribution in [0.3, 0.4) is 0 Å². The van der Waals surface area contributed by atoms with Gasteiger partial charge in [-0.25, -0.2) is 15.0 Å². The lowest BCUT2D eigenvalue weighted by molar-refractivity contribution is 0.205. The molecule has 6 nitrogen and oxygen atoms in total. The fourth-order valence-electron chi connectivity index (χ4n) is 4.71. The van der Waals surface area contributed by atoms with Crippen LogP contribution in [0.2, 0.25) is 0 Å². The van der Waals surface area contributed by atoms with Crippen molar-refractivity contribution < 1.29 is 0 Å². The van der Waals surface area contributed by atoms with Crippen molar-refractivity contribution in [3.8, 4) is 0 Å². The molecular weight excluding hydrogens is 360 g/mol. The van der Waals surface area contributed by atoms with Crippen molar-refractivity contribution >= 4 is 22.5 Å². The first-order valence-electron chi connectivity index (χ1n) is 10.7. The number of piperazine rings is 1. The molecule has 0 bridgehead atoms. The van der Waals surface area contributed by atoms with Gasteiger partial charge in [-0.05, 0) is 43.0 Å². The minimum atomic E-state index is 0.693. The molecule has 1 atom stereocenters. The molecule has 0 radical (unpaired) electrons. The first-order chi connectivity index (χ1) is 14.4. The van der Waals surface area contributed by atoms with Gasteiger partial charge in [0.2, 0.25) is 0 Å². The zero-order chi connectivity index (χ0) is 19.5. The molecule has 0 spiro atoms. The predicted molar refractivity (Wildman–Crippen MR) is 117 cm³/mol. The molecule has 150 valence electrons. The van der Waals surface area contributed by atoms with Crippen molar-refractivity contribution in [2.75, 3.05) is 55.6 Å². The first-order valence-corrected chi connectivity index (χ1v) is 10.7. The van der Waals surface area contributed by atoms with E-state index in [1.54, 1.807) is 6.33 Å². The second-order valence-electron chi connectivity index (χ2n) is 8.14. The number of anilines is 2. The van der Waals surface area contributed by atoms with Crippen LogP contribution >= 0.6 is 0 Å². The van der Waals surface area contributed by atoms with Crippen LogP contribution in [0.25, 0.3) is 10.9 Å². The van der Waals surface area contributed by atoms with Gasteiger partial charge >= 0.3 is 0 Å². The summed E-state index contributed by atoms with van der Waals surface area (Å²) in [6.07, 6.45) is 6.13. The van der Waals surface area contributed by atoms with Gasteiger partial charge in [0.15, 0.2) is 0 Å². The van der Waals surface area contributed by atoms with Gasteiger partial charge < -0.3 is 9.80 Å². The first kappa shape index (κ1) is 18.3. The van der Waals surface area contributed by atoms with E-state index < -0.39 is 0 Å². The zero-order valence-corrected chi connectivity index (χ0v) is 16.8. The van der Waals surface area contributed by atoms with Crippen molar-refractivity contribution in [3.05, 3.63) is 55.0 Å². The summed E-state index contributed by atoms with van der Waals surface area (Å²) in [4.78, 5) is 21.1. The van der Waals surface area contributed by atoms with Gasteiger partial charge in [0.1, 0.15) is 18.0 Å². The summed E-state index contributed by atoms with van der Waals surface area (Å²) in [6.45, 7) is 7.70. The minimum absolute atomic E-state index is 0.693. The molecule has 0 amide bonds. The largest absolute Gasteiger partial charge is 0.356 e. The highest BCUT2D eigenvalue weighted by Crippen LogP contribution is 2.28. The second kappa shape index (κ2) is 8.33. The summed E-state index contributed by atoms with van der Waals surface area (Å²) in [5.74, 6) is 2.89. The Morgan fingerprint density at radius 1 is 0.828 bits per heavy atom. The molecule has 6 heteroatoms. The van der Waals surface area contributed by atoms with E-state index in [0.29, 0.717) is 5.92 Å². The van der Waals surface area contributed by atoms with E-state index in [0.717, 1.165) is 56.4 Å². The van der Waals surface area contributed by atoms with E-state index in [4.69, 9.17) is 0 Å². The molecule has 29 heavy (non-hydrogen) atoms. The fraction of sp³-hybridized carbons (Fsp3) is 0.435. The van der Waals surface area contributed by atoms with Crippen molar-refractivity contribution in [1.82, 2.24) is 19.9 Å². The molecule has 1 aromatic carbocycles. The lowest BCUT2D eigenvalue weighted by Gasteiger charge is -2.40. The molecule has 2 aliphatic rings. The Balaban J connectivity index is 1.21. The third-order valence-electron chi connectivity index (χ3n) is 6.20. The zero-order valence-electron chi connectivity index (χ0n) is 16.8. The van der Waals surface area contributed by atoms with Crippen LogP contribution in [0, 0.1) is 5.92 Å². The monoisotopic (exact) mass is 388 g/mol. The fourth-order valence-corrected chi connectivity index (χ4v) is 4.71. The maximum atomic E-state index is 4.64. The third-order valence-corrected chi connectivity index (χ3v) is 6.20. The normalized spacial score (nSPS) is 20.9. The maximum Gasteiger partial charge on any atom is 0.139 e. The predicted octanol–water partition coefficient (Wildman–Crippen LogP) is 3.06. The summed E-state index contributed by atoms with van der Waals surface area (Å²) in [5, 5.41) is 1.17. The summed E-state index contributed by atoms with van der Waals surface area (Å²) in [6, 6.07) is 14.5. The van der Waals surface area contributed by atoms with Gasteiger partial charge in [-0.1, -0.05) is 18.2 Å². The Morgan fingerprint density at radius 2 is 1.69 bits per heavy atom. The van der Waals surface area contributed by atoms with Gasteiger partial charge in [-0.15, -0.1) is 0 Å². The number of fused-ring (bicyclic) bond motifs is 1. The number of rotatable bonds is 4. The average molecular weight is 389 g/mol. The molecular formula is C23H28N6. The number of hydrogen-bond acceptors (Lipinski definition) is 6. The van der Waals surface area contributed by atoms with E-state index in [2.05, 4.69) is 60.0 Å². The van der Waals surface area contributed by atoms with Crippen molar-refractivity contribution in [2.24, 2.45) is 5.92 Å². The molecule has 2 fully saturated rings. The smallest absolute Gasteiger partial charge is 0.139 e. The van der Waals surface area contributed by atoms with Crippen LogP contribution in [-0.2, 0) is 0 Å². The molecule has 0 saturated carbocycles. The van der Waals surface area contributed by atoms with Crippen LogP contribution in [0.4, 0.5) is 11.6 Å². The molecule has 2 aromatic heterocycles. The molecule has 2 aliphatic heterocycles. The lowest BCUT2D eigenvalue weighted by atomic mass is 9.96. The average Bonchev–Trinajstić information content (AvgIpc) is 2.80. The van der Waals surface area contributed by atoms with Gasteiger partial charge in [0, 0.05) is 57.4 Å². The van der Waals surface area contributed by atoms with Gasteiger partial charge in [0.25, 0.3) is 0 Å². The van der Waals surface area contributed by atoms with E-state index in [1.165, 1.54) is 24.8 Å². The molecule has 1 unspecified atom stereocenters. The number of aromatic nitrogens is 3. The Kier molecular flexibility index (Phi) is 5.26. The highest BCUT2D eigenvalue weighted by atomic mass is 15.3. The van der Waals surface area contributed by atoms with Crippen LogP contribution in [0.5, 0.6) is 0 Å². The molecule has 4 heterocycles. The maximum absolute atomic E-state index is 4.64. The Labute approximate surface area is 172 Å². The van der Waals surface area contributed by atoms with Crippen LogP contribution < -0.4 is 9.80 Å². The number of nitrogens with zero attached hydrogens (tertiary/aromatic N) is 6. The van der Waals surface area contributed by atoms with Crippen molar-refractivity contribution in [2.45, 2.75) is 12.8 Å². The Bertz CT molecular complexity index is 933. The summed E-state index contributed by atoms with van der Waals surface area (Å²) in [5.41, 5.74) is 1.03. The number of para-hydroxylation sites is 1. The standard InChI is InChI=1S/C23H28N6/c1-2-8-21-20(7-1)23(26-18-25-21)29-11-5-6-19(17-29)16-27-12-14-28(15-13-27)22-9-3-4-10-24-22/h1-4,7-10,18-19H,5-6,11-17H2. The van der Waals surface area contributed by atoms with Gasteiger partial charge in [-0.2, -0.15) is 0 Å². The molecule has 0 N–H and O–H groups in total. The van der Waals surface area contributed by atoms with Gasteiger partial charge in [0.05, 0.1) is 5.52 Å². The molecule has 5 rings (SSSR count). The van der Waals surface area contributed by atoms with E-state index >= 15 is 0 Å². The topological polar surface area (TPSA) is 48.4 Å². The van der Waals surface area contributed by atoms with E-state index in [-0.39, 0.29) is 0 Å². The van der Waals surface area contributed by atoms with Gasteiger partial charge in [-0.3, -0.25) is 4.90 Å². The number of piperidine rings is 1. The Hall–Kier alpha value is -2.73. The summed E-state index contributed by atoms with van der Waals surface area (Å²) >= 11 is 0. The second-order valence-corrected chi connectivity index (χ2v) is 8.14. The lowest BCUT2D eigenvalue weighted by Crippen LogP contribution is -2.50. The molecule has 0 aliphatic carbocycles. The van der Waals surface area contributed by atoms with Crippen LogP contribution in [0.15, 0.2) is 55.0 Å². The number of pyridine rings is 1. The molecule has 2 saturated heterocycles. The minimum Gasteiger partial charge on any atom is -0.356 e. The van der Waals surface area contributed by atoms with Crippen LogP contribution in [0.1, 0.15) is 12.8 Å². The quantitative estimate of drug-likeness (QED) is 0.685. The summed E-state index contributed by atoms with van der Waals surface area (Å²) < 4.78 is 0. The van der Waals surface area contributed by atoms with Crippen LogP contribution in [-0.4, -0.2) is 65.7 Å². The summed E-state index contributed by atoms with van der Waals surface area (Å²) in [7, 11) is 0. The van der Waals surface area contributed by atoms with E-state index in [1.807, 2.05) is 18.3 Å².